The number of carbonyl (C=O) groups excluding carboxylic acids is 1. The Morgan fingerprint density at radius 1 is 1.40 bits per heavy atom. The van der Waals surface area contributed by atoms with Crippen LogP contribution in [0, 0.1) is 0 Å². The first kappa shape index (κ1) is 14.3. The van der Waals surface area contributed by atoms with Crippen molar-refractivity contribution in [2.75, 3.05) is 13.2 Å². The van der Waals surface area contributed by atoms with Crippen LogP contribution in [0.15, 0.2) is 24.3 Å². The van der Waals surface area contributed by atoms with Crippen molar-refractivity contribution >= 4 is 11.9 Å². The first-order valence-electron chi connectivity index (χ1n) is 6.44. The summed E-state index contributed by atoms with van der Waals surface area (Å²) in [7, 11) is 0. The number of rotatable bonds is 5. The van der Waals surface area contributed by atoms with Crippen molar-refractivity contribution in [3.05, 3.63) is 29.8 Å². The Kier molecular flexibility index (Phi) is 4.57. The fourth-order valence-corrected chi connectivity index (χ4v) is 1.82. The molecule has 108 valence electrons. The van der Waals surface area contributed by atoms with E-state index in [1.807, 2.05) is 0 Å². The molecule has 0 radical (unpaired) electrons. The molecule has 1 aliphatic heterocycles. The number of amides is 1. The van der Waals surface area contributed by atoms with E-state index in [0.717, 1.165) is 6.42 Å². The minimum absolute atomic E-state index is 0.0571. The number of carboxylic acids is 1. The molecule has 1 amide bonds. The van der Waals surface area contributed by atoms with Gasteiger partial charge < -0.3 is 19.9 Å². The van der Waals surface area contributed by atoms with Gasteiger partial charge in [0.25, 0.3) is 5.91 Å². The summed E-state index contributed by atoms with van der Waals surface area (Å²) in [6.07, 6.45) is 0.917. The van der Waals surface area contributed by atoms with Crippen LogP contribution < -0.4 is 10.1 Å². The van der Waals surface area contributed by atoms with E-state index >= 15 is 0 Å². The summed E-state index contributed by atoms with van der Waals surface area (Å²) in [5.41, 5.74) is 0.396. The van der Waals surface area contributed by atoms with Crippen LogP contribution in [-0.2, 0) is 9.53 Å². The highest BCUT2D eigenvalue weighted by atomic mass is 16.5. The van der Waals surface area contributed by atoms with Gasteiger partial charge in [-0.15, -0.1) is 0 Å². The summed E-state index contributed by atoms with van der Waals surface area (Å²) < 4.78 is 10.9. The predicted octanol–water partition coefficient (Wildman–Crippen LogP) is 1.06. The lowest BCUT2D eigenvalue weighted by atomic mass is 10.2. The second-order valence-electron chi connectivity index (χ2n) is 4.66. The summed E-state index contributed by atoms with van der Waals surface area (Å²) >= 11 is 0. The molecule has 1 heterocycles. The molecule has 0 spiro atoms. The first-order valence-corrected chi connectivity index (χ1v) is 6.44. The number of hydrogen-bond donors (Lipinski definition) is 2. The summed E-state index contributed by atoms with van der Waals surface area (Å²) in [6.45, 7) is 2.70. The van der Waals surface area contributed by atoms with E-state index in [4.69, 9.17) is 14.6 Å². The monoisotopic (exact) mass is 279 g/mol. The van der Waals surface area contributed by atoms with Gasteiger partial charge in [-0.1, -0.05) is 0 Å². The minimum Gasteiger partial charge on any atom is -0.488 e. The number of carboxylic acid groups (broad SMARTS) is 1. The van der Waals surface area contributed by atoms with Crippen LogP contribution in [-0.4, -0.2) is 42.3 Å². The van der Waals surface area contributed by atoms with Crippen molar-refractivity contribution in [3.8, 4) is 5.75 Å². The van der Waals surface area contributed by atoms with Crippen molar-refractivity contribution in [2.24, 2.45) is 0 Å². The second kappa shape index (κ2) is 6.38. The average molecular weight is 279 g/mol. The van der Waals surface area contributed by atoms with Crippen LogP contribution in [0.5, 0.6) is 5.75 Å². The third-order valence-electron chi connectivity index (χ3n) is 3.03. The highest BCUT2D eigenvalue weighted by Gasteiger charge is 2.18. The quantitative estimate of drug-likeness (QED) is 0.841. The van der Waals surface area contributed by atoms with Gasteiger partial charge in [0, 0.05) is 12.0 Å². The third-order valence-corrected chi connectivity index (χ3v) is 3.03. The summed E-state index contributed by atoms with van der Waals surface area (Å²) in [4.78, 5) is 22.4. The molecular weight excluding hydrogens is 262 g/mol. The molecule has 0 bridgehead atoms. The van der Waals surface area contributed by atoms with E-state index in [9.17, 15) is 9.59 Å². The Balaban J connectivity index is 1.93. The number of nitrogens with one attached hydrogen (secondary N) is 1. The van der Waals surface area contributed by atoms with E-state index in [-0.39, 0.29) is 6.10 Å². The van der Waals surface area contributed by atoms with Crippen LogP contribution in [0.1, 0.15) is 23.7 Å². The van der Waals surface area contributed by atoms with Crippen LogP contribution in [0.4, 0.5) is 0 Å². The van der Waals surface area contributed by atoms with Gasteiger partial charge in [-0.25, -0.2) is 0 Å². The van der Waals surface area contributed by atoms with Gasteiger partial charge >= 0.3 is 5.97 Å². The van der Waals surface area contributed by atoms with Gasteiger partial charge in [-0.05, 0) is 31.2 Å². The third kappa shape index (κ3) is 3.71. The van der Waals surface area contributed by atoms with E-state index in [2.05, 4.69) is 5.32 Å². The lowest BCUT2D eigenvalue weighted by Gasteiger charge is -2.12. The van der Waals surface area contributed by atoms with Crippen LogP contribution in [0.2, 0.25) is 0 Å². The van der Waals surface area contributed by atoms with Crippen LogP contribution in [0.25, 0.3) is 0 Å². The molecule has 1 aromatic carbocycles. The second-order valence-corrected chi connectivity index (χ2v) is 4.66. The van der Waals surface area contributed by atoms with E-state index < -0.39 is 17.9 Å². The molecule has 6 heteroatoms. The zero-order valence-corrected chi connectivity index (χ0v) is 11.2. The van der Waals surface area contributed by atoms with Gasteiger partial charge in [0.15, 0.2) is 0 Å². The van der Waals surface area contributed by atoms with Gasteiger partial charge in [-0.2, -0.15) is 0 Å². The molecule has 2 rings (SSSR count). The number of benzene rings is 1. The molecule has 2 atom stereocenters. The van der Waals surface area contributed by atoms with Gasteiger partial charge in [0.05, 0.1) is 13.2 Å². The van der Waals surface area contributed by atoms with Crippen LogP contribution >= 0.6 is 0 Å². The van der Waals surface area contributed by atoms with Crippen molar-refractivity contribution in [3.63, 3.8) is 0 Å². The Bertz CT molecular complexity index is 479. The maximum Gasteiger partial charge on any atom is 0.325 e. The average Bonchev–Trinajstić information content (AvgIpc) is 2.92. The lowest BCUT2D eigenvalue weighted by molar-refractivity contribution is -0.138. The van der Waals surface area contributed by atoms with Crippen molar-refractivity contribution < 1.29 is 24.2 Å². The fourth-order valence-electron chi connectivity index (χ4n) is 1.82. The molecule has 1 unspecified atom stereocenters. The Morgan fingerprint density at radius 3 is 2.65 bits per heavy atom. The van der Waals surface area contributed by atoms with Gasteiger partial charge in [-0.3, -0.25) is 9.59 Å². The molecular formula is C14H17NO5. The van der Waals surface area contributed by atoms with Gasteiger partial charge in [0.1, 0.15) is 17.9 Å². The lowest BCUT2D eigenvalue weighted by Crippen LogP contribution is -2.38. The topological polar surface area (TPSA) is 84.9 Å². The molecule has 1 saturated heterocycles. The Labute approximate surface area is 116 Å². The fraction of sp³-hybridized carbons (Fsp3) is 0.429. The standard InChI is InChI=1S/C14H17NO5/c1-9(14(17)18)15-13(16)10-2-4-11(5-3-10)20-12-6-7-19-8-12/h2-5,9,12H,6-8H2,1H3,(H,15,16)(H,17,18)/t9-,12?/m1/s1. The van der Waals surface area contributed by atoms with Gasteiger partial charge in [0.2, 0.25) is 0 Å². The molecule has 1 aliphatic rings. The number of hydrogen-bond acceptors (Lipinski definition) is 4. The maximum atomic E-state index is 11.8. The number of carbonyl (C=O) groups is 2. The molecule has 0 aromatic heterocycles. The summed E-state index contributed by atoms with van der Waals surface area (Å²) in [5.74, 6) is -0.821. The smallest absolute Gasteiger partial charge is 0.325 e. The normalized spacial score (nSPS) is 19.4. The zero-order valence-electron chi connectivity index (χ0n) is 11.2. The summed E-state index contributed by atoms with van der Waals surface area (Å²) in [5, 5.41) is 11.1. The zero-order chi connectivity index (χ0) is 14.5. The molecule has 1 fully saturated rings. The minimum atomic E-state index is -1.07. The summed E-state index contributed by atoms with van der Waals surface area (Å²) in [6, 6.07) is 5.68. The number of ether oxygens (including phenoxy) is 2. The highest BCUT2D eigenvalue weighted by molar-refractivity contribution is 5.96. The maximum absolute atomic E-state index is 11.8. The predicted molar refractivity (Wildman–Crippen MR) is 70.9 cm³/mol. The first-order chi connectivity index (χ1) is 9.56. The van der Waals surface area contributed by atoms with Crippen molar-refractivity contribution in [2.45, 2.75) is 25.5 Å². The molecule has 20 heavy (non-hydrogen) atoms. The van der Waals surface area contributed by atoms with Crippen LogP contribution in [0.3, 0.4) is 0 Å². The Morgan fingerprint density at radius 2 is 2.10 bits per heavy atom. The molecule has 0 aliphatic carbocycles. The van der Waals surface area contributed by atoms with E-state index in [1.54, 1.807) is 24.3 Å². The highest BCUT2D eigenvalue weighted by Crippen LogP contribution is 2.17. The molecule has 0 saturated carbocycles. The Hall–Kier alpha value is -2.08. The van der Waals surface area contributed by atoms with E-state index in [0.29, 0.717) is 24.5 Å². The van der Waals surface area contributed by atoms with E-state index in [1.165, 1.54) is 6.92 Å². The molecule has 1 aromatic rings. The van der Waals surface area contributed by atoms with Crippen molar-refractivity contribution in [1.29, 1.82) is 0 Å². The largest absolute Gasteiger partial charge is 0.488 e. The molecule has 2 N–H and O–H groups in total. The van der Waals surface area contributed by atoms with Crippen molar-refractivity contribution in [1.82, 2.24) is 5.32 Å². The SMILES string of the molecule is C[C@@H](NC(=O)c1ccc(OC2CCOC2)cc1)C(=O)O. The molecule has 6 nitrogen and oxygen atoms in total. The number of aliphatic carboxylic acids is 1.